The van der Waals surface area contributed by atoms with Crippen LogP contribution < -0.4 is 5.32 Å². The number of fused-ring (bicyclic) bond motifs is 1. The molecule has 0 saturated carbocycles. The first-order valence-electron chi connectivity index (χ1n) is 9.01. The van der Waals surface area contributed by atoms with Crippen LogP contribution in [-0.2, 0) is 17.8 Å². The Morgan fingerprint density at radius 1 is 0.962 bits per heavy atom. The van der Waals surface area contributed by atoms with Crippen LogP contribution in [0, 0.1) is 0 Å². The number of hydrogen-bond acceptors (Lipinski definition) is 2. The van der Waals surface area contributed by atoms with Crippen LogP contribution in [0.4, 0.5) is 0 Å². The van der Waals surface area contributed by atoms with E-state index in [2.05, 4.69) is 79.0 Å². The van der Waals surface area contributed by atoms with Gasteiger partial charge < -0.3 is 5.32 Å². The molecule has 0 aromatic heterocycles. The van der Waals surface area contributed by atoms with Crippen molar-refractivity contribution in [3.63, 3.8) is 0 Å². The van der Waals surface area contributed by atoms with Gasteiger partial charge in [0.2, 0.25) is 0 Å². The first kappa shape index (κ1) is 18.1. The standard InChI is InChI=1S/C24H25NO/c1-19(26)15-16-24(2,17-20-9-4-3-5-10-20)25-18-22-13-8-12-21-11-6-7-14-23(21)22/h3-16,25H,17-18H2,1-2H3/b16-15+. The molecule has 2 nitrogen and oxygen atoms in total. The van der Waals surface area contributed by atoms with Crippen molar-refractivity contribution in [2.45, 2.75) is 32.4 Å². The van der Waals surface area contributed by atoms with Crippen LogP contribution in [0.3, 0.4) is 0 Å². The van der Waals surface area contributed by atoms with E-state index in [1.807, 2.05) is 12.1 Å². The Bertz CT molecular complexity index is 908. The first-order valence-corrected chi connectivity index (χ1v) is 9.01. The number of carbonyl (C=O) groups excluding carboxylic acids is 1. The molecule has 0 fully saturated rings. The van der Waals surface area contributed by atoms with E-state index in [0.717, 1.165) is 13.0 Å². The summed E-state index contributed by atoms with van der Waals surface area (Å²) in [5.41, 5.74) is 2.21. The van der Waals surface area contributed by atoms with E-state index in [9.17, 15) is 4.79 Å². The zero-order valence-corrected chi connectivity index (χ0v) is 15.4. The molecular formula is C24H25NO. The first-order chi connectivity index (χ1) is 12.6. The van der Waals surface area contributed by atoms with Gasteiger partial charge in [0.25, 0.3) is 0 Å². The lowest BCUT2D eigenvalue weighted by molar-refractivity contribution is -0.112. The van der Waals surface area contributed by atoms with Gasteiger partial charge in [0.15, 0.2) is 5.78 Å². The molecule has 3 aromatic rings. The van der Waals surface area contributed by atoms with Gasteiger partial charge in [-0.3, -0.25) is 4.79 Å². The Morgan fingerprint density at radius 3 is 2.42 bits per heavy atom. The minimum absolute atomic E-state index is 0.0660. The molecule has 0 amide bonds. The third kappa shape index (κ3) is 4.68. The van der Waals surface area contributed by atoms with Crippen molar-refractivity contribution in [1.82, 2.24) is 5.32 Å². The average molecular weight is 343 g/mol. The molecule has 0 saturated heterocycles. The second-order valence-corrected chi connectivity index (χ2v) is 7.02. The monoisotopic (exact) mass is 343 g/mol. The highest BCUT2D eigenvalue weighted by Gasteiger charge is 2.21. The molecule has 0 spiro atoms. The van der Waals surface area contributed by atoms with E-state index in [-0.39, 0.29) is 11.3 Å². The van der Waals surface area contributed by atoms with Crippen molar-refractivity contribution < 1.29 is 4.79 Å². The highest BCUT2D eigenvalue weighted by molar-refractivity contribution is 5.87. The zero-order valence-electron chi connectivity index (χ0n) is 15.4. The Kier molecular flexibility index (Phi) is 5.65. The van der Waals surface area contributed by atoms with Crippen LogP contribution in [0.2, 0.25) is 0 Å². The number of rotatable bonds is 7. The highest BCUT2D eigenvalue weighted by atomic mass is 16.1. The van der Waals surface area contributed by atoms with Crippen molar-refractivity contribution in [1.29, 1.82) is 0 Å². The summed E-state index contributed by atoms with van der Waals surface area (Å²) in [6.07, 6.45) is 4.48. The quantitative estimate of drug-likeness (QED) is 0.606. The summed E-state index contributed by atoms with van der Waals surface area (Å²) in [6.45, 7) is 4.47. The maximum Gasteiger partial charge on any atom is 0.152 e. The summed E-state index contributed by atoms with van der Waals surface area (Å²) in [7, 11) is 0. The Labute approximate surface area is 155 Å². The molecule has 26 heavy (non-hydrogen) atoms. The number of nitrogens with one attached hydrogen (secondary N) is 1. The summed E-state index contributed by atoms with van der Waals surface area (Å²) in [4.78, 5) is 11.5. The van der Waals surface area contributed by atoms with Gasteiger partial charge in [0, 0.05) is 12.1 Å². The van der Waals surface area contributed by atoms with E-state index in [1.54, 1.807) is 13.0 Å². The molecule has 3 aromatic carbocycles. The van der Waals surface area contributed by atoms with Crippen molar-refractivity contribution in [3.05, 3.63) is 96.1 Å². The van der Waals surface area contributed by atoms with Crippen LogP contribution in [0.15, 0.2) is 84.9 Å². The van der Waals surface area contributed by atoms with Crippen LogP contribution >= 0.6 is 0 Å². The van der Waals surface area contributed by atoms with E-state index in [4.69, 9.17) is 0 Å². The molecule has 1 atom stereocenters. The topological polar surface area (TPSA) is 29.1 Å². The summed E-state index contributed by atoms with van der Waals surface area (Å²) < 4.78 is 0. The minimum atomic E-state index is -0.302. The van der Waals surface area contributed by atoms with Crippen molar-refractivity contribution in [2.75, 3.05) is 0 Å². The fourth-order valence-electron chi connectivity index (χ4n) is 3.25. The molecule has 0 radical (unpaired) electrons. The highest BCUT2D eigenvalue weighted by Crippen LogP contribution is 2.21. The maximum absolute atomic E-state index is 11.5. The largest absolute Gasteiger partial charge is 0.304 e. The van der Waals surface area contributed by atoms with Gasteiger partial charge in [-0.2, -0.15) is 0 Å². The fraction of sp³-hybridized carbons (Fsp3) is 0.208. The molecule has 3 rings (SSSR count). The molecule has 0 aliphatic heterocycles. The van der Waals surface area contributed by atoms with E-state index in [1.165, 1.54) is 21.9 Å². The Balaban J connectivity index is 1.84. The predicted molar refractivity (Wildman–Crippen MR) is 109 cm³/mol. The second kappa shape index (κ2) is 8.11. The Morgan fingerprint density at radius 2 is 1.65 bits per heavy atom. The van der Waals surface area contributed by atoms with Crippen molar-refractivity contribution in [2.24, 2.45) is 0 Å². The molecule has 0 bridgehead atoms. The van der Waals surface area contributed by atoms with Gasteiger partial charge in [-0.25, -0.2) is 0 Å². The molecular weight excluding hydrogens is 318 g/mol. The van der Waals surface area contributed by atoms with Crippen LogP contribution in [0.25, 0.3) is 10.8 Å². The smallest absolute Gasteiger partial charge is 0.152 e. The molecule has 0 heterocycles. The SMILES string of the molecule is CC(=O)/C=C/C(C)(Cc1ccccc1)NCc1cccc2ccccc12. The number of ketones is 1. The van der Waals surface area contributed by atoms with E-state index in [0.29, 0.717) is 0 Å². The van der Waals surface area contributed by atoms with Crippen molar-refractivity contribution >= 4 is 16.6 Å². The van der Waals surface area contributed by atoms with Gasteiger partial charge in [-0.1, -0.05) is 78.9 Å². The summed E-state index contributed by atoms with van der Waals surface area (Å²) in [5.74, 6) is 0.0660. The van der Waals surface area contributed by atoms with Gasteiger partial charge in [0.05, 0.1) is 0 Å². The lowest BCUT2D eigenvalue weighted by atomic mass is 9.91. The zero-order chi connectivity index (χ0) is 18.4. The number of allylic oxidation sites excluding steroid dienone is 1. The van der Waals surface area contributed by atoms with Crippen LogP contribution in [0.1, 0.15) is 25.0 Å². The van der Waals surface area contributed by atoms with E-state index < -0.39 is 0 Å². The molecule has 132 valence electrons. The molecule has 0 aliphatic rings. The third-order valence-corrected chi connectivity index (χ3v) is 4.66. The Hall–Kier alpha value is -2.71. The maximum atomic E-state index is 11.5. The number of carbonyl (C=O) groups is 1. The normalized spacial score (nSPS) is 13.8. The average Bonchev–Trinajstić information content (AvgIpc) is 2.66. The lowest BCUT2D eigenvalue weighted by Gasteiger charge is -2.28. The lowest BCUT2D eigenvalue weighted by Crippen LogP contribution is -2.42. The van der Waals surface area contributed by atoms with E-state index >= 15 is 0 Å². The summed E-state index contributed by atoms with van der Waals surface area (Å²) in [6, 6.07) is 25.2. The third-order valence-electron chi connectivity index (χ3n) is 4.66. The minimum Gasteiger partial charge on any atom is -0.304 e. The number of hydrogen-bond donors (Lipinski definition) is 1. The molecule has 1 N–H and O–H groups in total. The van der Waals surface area contributed by atoms with Crippen molar-refractivity contribution in [3.8, 4) is 0 Å². The molecule has 0 aliphatic carbocycles. The van der Waals surface area contributed by atoms with Gasteiger partial charge in [-0.05, 0) is 48.2 Å². The molecule has 1 unspecified atom stereocenters. The summed E-state index contributed by atoms with van der Waals surface area (Å²) in [5, 5.41) is 6.18. The summed E-state index contributed by atoms with van der Waals surface area (Å²) >= 11 is 0. The fourth-order valence-corrected chi connectivity index (χ4v) is 3.25. The van der Waals surface area contributed by atoms with Gasteiger partial charge in [-0.15, -0.1) is 0 Å². The van der Waals surface area contributed by atoms with Crippen LogP contribution in [0.5, 0.6) is 0 Å². The second-order valence-electron chi connectivity index (χ2n) is 7.02. The predicted octanol–water partition coefficient (Wildman–Crippen LogP) is 5.08. The van der Waals surface area contributed by atoms with Crippen LogP contribution in [-0.4, -0.2) is 11.3 Å². The van der Waals surface area contributed by atoms with Gasteiger partial charge >= 0.3 is 0 Å². The van der Waals surface area contributed by atoms with Gasteiger partial charge in [0.1, 0.15) is 0 Å². The number of benzene rings is 3. The molecule has 2 heteroatoms.